The second-order valence-corrected chi connectivity index (χ2v) is 4.71. The van der Waals surface area contributed by atoms with Gasteiger partial charge in [0.1, 0.15) is 5.82 Å². The highest BCUT2D eigenvalue weighted by molar-refractivity contribution is 7.08. The molecule has 2 aromatic rings. The number of thiophene rings is 1. The predicted octanol–water partition coefficient (Wildman–Crippen LogP) is 1.74. The van der Waals surface area contributed by atoms with Crippen molar-refractivity contribution in [1.29, 1.82) is 0 Å². The maximum Gasteiger partial charge on any atom is 0.252 e. The van der Waals surface area contributed by atoms with Gasteiger partial charge in [-0.1, -0.05) is 0 Å². The molecular formula is C12H14N4OS. The van der Waals surface area contributed by atoms with E-state index in [1.165, 1.54) is 23.4 Å². The highest BCUT2D eigenvalue weighted by Gasteiger charge is 2.10. The van der Waals surface area contributed by atoms with Crippen molar-refractivity contribution in [3.8, 4) is 0 Å². The number of carbonyl (C=O) groups excluding carboxylic acids is 1. The average Bonchev–Trinajstić information content (AvgIpc) is 2.73. The highest BCUT2D eigenvalue weighted by atomic mass is 32.1. The summed E-state index contributed by atoms with van der Waals surface area (Å²) < 4.78 is 0. The smallest absolute Gasteiger partial charge is 0.252 e. The first kappa shape index (κ1) is 12.4. The van der Waals surface area contributed by atoms with Crippen LogP contribution in [0, 0.1) is 6.92 Å². The second kappa shape index (κ2) is 5.05. The fourth-order valence-corrected chi connectivity index (χ4v) is 2.41. The maximum absolute atomic E-state index is 11.3. The molecule has 0 radical (unpaired) electrons. The summed E-state index contributed by atoms with van der Waals surface area (Å²) in [5, 5.41) is 7.24. The minimum Gasteiger partial charge on any atom is -0.397 e. The molecule has 0 fully saturated rings. The molecular weight excluding hydrogens is 248 g/mol. The van der Waals surface area contributed by atoms with E-state index in [2.05, 4.69) is 21.1 Å². The van der Waals surface area contributed by atoms with Crippen LogP contribution in [-0.4, -0.2) is 10.9 Å². The van der Waals surface area contributed by atoms with Gasteiger partial charge in [-0.3, -0.25) is 4.79 Å². The quantitative estimate of drug-likeness (QED) is 0.782. The van der Waals surface area contributed by atoms with Crippen molar-refractivity contribution in [3.05, 3.63) is 39.7 Å². The zero-order valence-corrected chi connectivity index (χ0v) is 10.8. The van der Waals surface area contributed by atoms with Gasteiger partial charge in [-0.25, -0.2) is 4.98 Å². The number of hydrogen-bond acceptors (Lipinski definition) is 5. The summed E-state index contributed by atoms with van der Waals surface area (Å²) in [5.41, 5.74) is 14.0. The van der Waals surface area contributed by atoms with Crippen molar-refractivity contribution in [2.45, 2.75) is 13.5 Å². The van der Waals surface area contributed by atoms with Crippen molar-refractivity contribution in [1.82, 2.24) is 4.98 Å². The lowest BCUT2D eigenvalue weighted by Crippen LogP contribution is -2.16. The number of nitrogens with zero attached hydrogens (tertiary/aromatic N) is 1. The van der Waals surface area contributed by atoms with Gasteiger partial charge in [-0.05, 0) is 34.9 Å². The molecule has 0 atom stereocenters. The predicted molar refractivity (Wildman–Crippen MR) is 73.5 cm³/mol. The van der Waals surface area contributed by atoms with Gasteiger partial charge in [0.25, 0.3) is 5.91 Å². The van der Waals surface area contributed by atoms with Gasteiger partial charge in [-0.2, -0.15) is 11.3 Å². The number of primary amides is 1. The Morgan fingerprint density at radius 3 is 2.89 bits per heavy atom. The number of rotatable bonds is 4. The van der Waals surface area contributed by atoms with E-state index in [1.807, 2.05) is 6.92 Å². The van der Waals surface area contributed by atoms with E-state index in [0.717, 1.165) is 0 Å². The van der Waals surface area contributed by atoms with Crippen LogP contribution in [0.15, 0.2) is 23.0 Å². The molecule has 2 aromatic heterocycles. The average molecular weight is 262 g/mol. The van der Waals surface area contributed by atoms with Crippen LogP contribution in [0.2, 0.25) is 0 Å². The van der Waals surface area contributed by atoms with Crippen LogP contribution in [0.4, 0.5) is 11.5 Å². The fourth-order valence-electron chi connectivity index (χ4n) is 1.56. The lowest BCUT2D eigenvalue weighted by Gasteiger charge is -2.09. The van der Waals surface area contributed by atoms with Crippen molar-refractivity contribution in [2.24, 2.45) is 5.73 Å². The molecule has 2 heterocycles. The Bertz CT molecular complexity index is 579. The van der Waals surface area contributed by atoms with E-state index in [-0.39, 0.29) is 0 Å². The Morgan fingerprint density at radius 1 is 1.50 bits per heavy atom. The SMILES string of the molecule is Cc1cscc1CNc1ncc(N)cc1C(N)=O. The van der Waals surface area contributed by atoms with Gasteiger partial charge in [0.05, 0.1) is 17.4 Å². The minimum absolute atomic E-state index is 0.308. The monoisotopic (exact) mass is 262 g/mol. The van der Waals surface area contributed by atoms with Gasteiger partial charge in [0, 0.05) is 6.54 Å². The Hall–Kier alpha value is -2.08. The summed E-state index contributed by atoms with van der Waals surface area (Å²) in [7, 11) is 0. The third-order valence-corrected chi connectivity index (χ3v) is 3.49. The Labute approximate surface area is 109 Å². The molecule has 0 saturated heterocycles. The van der Waals surface area contributed by atoms with Crippen LogP contribution in [0.3, 0.4) is 0 Å². The first-order valence-corrected chi connectivity index (χ1v) is 6.33. The van der Waals surface area contributed by atoms with E-state index in [0.29, 0.717) is 23.6 Å². The molecule has 0 aromatic carbocycles. The van der Waals surface area contributed by atoms with Crippen molar-refractivity contribution < 1.29 is 4.79 Å². The van der Waals surface area contributed by atoms with Crippen LogP contribution in [0.1, 0.15) is 21.5 Å². The summed E-state index contributed by atoms with van der Waals surface area (Å²) >= 11 is 1.64. The number of aromatic nitrogens is 1. The summed E-state index contributed by atoms with van der Waals surface area (Å²) in [5.74, 6) is -0.0818. The molecule has 5 N–H and O–H groups in total. The molecule has 0 aliphatic rings. The second-order valence-electron chi connectivity index (χ2n) is 3.96. The largest absolute Gasteiger partial charge is 0.397 e. The van der Waals surface area contributed by atoms with E-state index < -0.39 is 5.91 Å². The van der Waals surface area contributed by atoms with Gasteiger partial charge in [0.15, 0.2) is 0 Å². The Balaban J connectivity index is 2.19. The molecule has 0 spiro atoms. The normalized spacial score (nSPS) is 10.3. The number of nitrogens with one attached hydrogen (secondary N) is 1. The van der Waals surface area contributed by atoms with Crippen LogP contribution >= 0.6 is 11.3 Å². The summed E-state index contributed by atoms with van der Waals surface area (Å²) in [6.07, 6.45) is 1.50. The lowest BCUT2D eigenvalue weighted by atomic mass is 10.2. The molecule has 0 aliphatic heterocycles. The fraction of sp³-hybridized carbons (Fsp3) is 0.167. The lowest BCUT2D eigenvalue weighted by molar-refractivity contribution is 0.100. The number of hydrogen-bond donors (Lipinski definition) is 3. The molecule has 1 amide bonds. The third-order valence-electron chi connectivity index (χ3n) is 2.58. The van der Waals surface area contributed by atoms with E-state index in [4.69, 9.17) is 11.5 Å². The van der Waals surface area contributed by atoms with Crippen molar-refractivity contribution in [2.75, 3.05) is 11.1 Å². The molecule has 6 heteroatoms. The third kappa shape index (κ3) is 2.60. The number of pyridine rings is 1. The van der Waals surface area contributed by atoms with E-state index >= 15 is 0 Å². The topological polar surface area (TPSA) is 94.0 Å². The number of anilines is 2. The molecule has 5 nitrogen and oxygen atoms in total. The molecule has 18 heavy (non-hydrogen) atoms. The van der Waals surface area contributed by atoms with Crippen LogP contribution in [0.5, 0.6) is 0 Å². The standard InChI is InChI=1S/C12H14N4OS/c1-7-5-18-6-8(7)3-15-12-10(11(14)17)2-9(13)4-16-12/h2,4-6H,3,13H2,1H3,(H2,14,17)(H,15,16). The van der Waals surface area contributed by atoms with Gasteiger partial charge in [-0.15, -0.1) is 0 Å². The highest BCUT2D eigenvalue weighted by Crippen LogP contribution is 2.18. The summed E-state index contributed by atoms with van der Waals surface area (Å²) in [6, 6.07) is 1.53. The molecule has 2 rings (SSSR count). The first-order chi connectivity index (χ1) is 8.58. The number of nitrogens with two attached hydrogens (primary N) is 2. The number of nitrogen functional groups attached to an aromatic ring is 1. The Kier molecular flexibility index (Phi) is 3.47. The zero-order valence-electron chi connectivity index (χ0n) is 9.93. The van der Waals surface area contributed by atoms with Crippen molar-refractivity contribution >= 4 is 28.7 Å². The van der Waals surface area contributed by atoms with E-state index in [1.54, 1.807) is 11.3 Å². The number of carbonyl (C=O) groups is 1. The summed E-state index contributed by atoms with van der Waals surface area (Å²) in [6.45, 7) is 2.64. The summed E-state index contributed by atoms with van der Waals surface area (Å²) in [4.78, 5) is 15.4. The van der Waals surface area contributed by atoms with Crippen LogP contribution < -0.4 is 16.8 Å². The molecule has 0 bridgehead atoms. The van der Waals surface area contributed by atoms with Crippen LogP contribution in [0.25, 0.3) is 0 Å². The van der Waals surface area contributed by atoms with Gasteiger partial charge in [0.2, 0.25) is 0 Å². The Morgan fingerprint density at radius 2 is 2.28 bits per heavy atom. The zero-order chi connectivity index (χ0) is 13.1. The van der Waals surface area contributed by atoms with Crippen molar-refractivity contribution in [3.63, 3.8) is 0 Å². The molecule has 0 aliphatic carbocycles. The molecule has 0 saturated carbocycles. The van der Waals surface area contributed by atoms with Crippen LogP contribution in [-0.2, 0) is 6.54 Å². The number of amides is 1. The minimum atomic E-state index is -0.542. The van der Waals surface area contributed by atoms with E-state index in [9.17, 15) is 4.79 Å². The molecule has 94 valence electrons. The van der Waals surface area contributed by atoms with Gasteiger partial charge >= 0.3 is 0 Å². The first-order valence-electron chi connectivity index (χ1n) is 5.39. The molecule has 0 unspecified atom stereocenters. The number of aryl methyl sites for hydroxylation is 1. The van der Waals surface area contributed by atoms with Gasteiger partial charge < -0.3 is 16.8 Å². The maximum atomic E-state index is 11.3.